The highest BCUT2D eigenvalue weighted by Crippen LogP contribution is 2.36. The molecule has 0 spiro atoms. The fraction of sp³-hybridized carbons (Fsp3) is 0.467. The average Bonchev–Trinajstić information content (AvgIpc) is 2.87. The van der Waals surface area contributed by atoms with Crippen LogP contribution in [0, 0.1) is 22.5 Å². The highest BCUT2D eigenvalue weighted by molar-refractivity contribution is 6.21. The van der Waals surface area contributed by atoms with Crippen LogP contribution in [0.2, 0.25) is 0 Å². The van der Waals surface area contributed by atoms with Gasteiger partial charge in [-0.15, -0.1) is 0 Å². The van der Waals surface area contributed by atoms with Crippen LogP contribution >= 0.6 is 0 Å². The molecule has 0 aliphatic carbocycles. The van der Waals surface area contributed by atoms with Crippen LogP contribution in [-0.4, -0.2) is 48.8 Å². The van der Waals surface area contributed by atoms with Gasteiger partial charge >= 0.3 is 0 Å². The number of halogens is 2. The van der Waals surface area contributed by atoms with Crippen molar-refractivity contribution in [1.82, 2.24) is 10.6 Å². The highest BCUT2D eigenvalue weighted by atomic mass is 19.1. The van der Waals surface area contributed by atoms with Crippen LogP contribution in [0.25, 0.3) is 0 Å². The summed E-state index contributed by atoms with van der Waals surface area (Å²) >= 11 is 0. The number of rotatable bonds is 7. The van der Waals surface area contributed by atoms with E-state index in [2.05, 4.69) is 10.6 Å². The average molecular weight is 557 g/mol. The van der Waals surface area contributed by atoms with Crippen LogP contribution < -0.4 is 20.4 Å². The SMILES string of the molecule is C[C@H](NC(=O)Cc1cc(F)cc(F)c1)C(=O)NC1C(=O)N(CC(C)(C)C)c2ccccc2N(CC(C)(C)C)C1=O. The zero-order valence-electron chi connectivity index (χ0n) is 24.1. The first-order valence-corrected chi connectivity index (χ1v) is 13.2. The van der Waals surface area contributed by atoms with Crippen molar-refractivity contribution < 1.29 is 28.0 Å². The quantitative estimate of drug-likeness (QED) is 0.505. The van der Waals surface area contributed by atoms with Gasteiger partial charge in [0.2, 0.25) is 11.8 Å². The number of carbonyl (C=O) groups is 4. The molecular formula is C30H38F2N4O4. The molecule has 2 aromatic rings. The first kappa shape index (κ1) is 30.7. The first-order chi connectivity index (χ1) is 18.4. The summed E-state index contributed by atoms with van der Waals surface area (Å²) in [5.74, 6) is -4.19. The Morgan fingerprint density at radius 3 is 1.73 bits per heavy atom. The van der Waals surface area contributed by atoms with Gasteiger partial charge in [0.25, 0.3) is 11.8 Å². The first-order valence-electron chi connectivity index (χ1n) is 13.2. The number of amides is 4. The van der Waals surface area contributed by atoms with Gasteiger partial charge in [0.1, 0.15) is 17.7 Å². The number of anilines is 2. The standard InChI is InChI=1S/C30H38F2N4O4/c1-18(33-24(37)14-19-12-20(31)15-21(32)13-19)26(38)34-25-27(39)35(16-29(2,3)4)22-10-8-9-11-23(22)36(28(25)40)17-30(5,6)7/h8-13,15,18,25H,14,16-17H2,1-7H3,(H,33,37)(H,34,38)/t18-/m0/s1. The summed E-state index contributed by atoms with van der Waals surface area (Å²) in [4.78, 5) is 56.5. The predicted octanol–water partition coefficient (Wildman–Crippen LogP) is 3.97. The molecule has 10 heteroatoms. The molecule has 0 radical (unpaired) electrons. The fourth-order valence-corrected chi connectivity index (χ4v) is 4.50. The molecule has 8 nitrogen and oxygen atoms in total. The van der Waals surface area contributed by atoms with Gasteiger partial charge < -0.3 is 20.4 Å². The van der Waals surface area contributed by atoms with E-state index < -0.39 is 47.3 Å². The number of nitrogens with one attached hydrogen (secondary N) is 2. The zero-order valence-corrected chi connectivity index (χ0v) is 24.1. The lowest BCUT2D eigenvalue weighted by atomic mass is 9.95. The molecule has 1 atom stereocenters. The minimum Gasteiger partial charge on any atom is -0.344 e. The maximum Gasteiger partial charge on any atom is 0.259 e. The molecule has 0 aromatic heterocycles. The molecule has 40 heavy (non-hydrogen) atoms. The van der Waals surface area contributed by atoms with E-state index in [4.69, 9.17) is 0 Å². The van der Waals surface area contributed by atoms with E-state index in [0.717, 1.165) is 12.1 Å². The number of carbonyl (C=O) groups excluding carboxylic acids is 4. The van der Waals surface area contributed by atoms with Crippen molar-refractivity contribution in [2.45, 2.75) is 67.0 Å². The molecular weight excluding hydrogens is 518 g/mol. The number of hydrogen-bond acceptors (Lipinski definition) is 4. The number of fused-ring (bicyclic) bond motifs is 1. The normalized spacial score (nSPS) is 15.4. The smallest absolute Gasteiger partial charge is 0.259 e. The zero-order chi connectivity index (χ0) is 30.0. The highest BCUT2D eigenvalue weighted by Gasteiger charge is 2.43. The van der Waals surface area contributed by atoms with Gasteiger partial charge in [-0.3, -0.25) is 19.2 Å². The summed E-state index contributed by atoms with van der Waals surface area (Å²) in [7, 11) is 0. The van der Waals surface area contributed by atoms with Crippen LogP contribution in [0.3, 0.4) is 0 Å². The minimum absolute atomic E-state index is 0.102. The summed E-state index contributed by atoms with van der Waals surface area (Å²) in [6.07, 6.45) is -0.360. The van der Waals surface area contributed by atoms with Gasteiger partial charge in [0.15, 0.2) is 6.04 Å². The van der Waals surface area contributed by atoms with Crippen molar-refractivity contribution in [3.05, 3.63) is 59.7 Å². The Morgan fingerprint density at radius 2 is 1.30 bits per heavy atom. The van der Waals surface area contributed by atoms with E-state index in [1.807, 2.05) is 41.5 Å². The summed E-state index contributed by atoms with van der Waals surface area (Å²) in [5, 5.41) is 5.03. The Labute approximate surface area is 234 Å². The molecule has 0 saturated heterocycles. The van der Waals surface area contributed by atoms with E-state index in [-0.39, 0.29) is 22.8 Å². The summed E-state index contributed by atoms with van der Waals surface area (Å²) in [6.45, 7) is 13.8. The Morgan fingerprint density at radius 1 is 0.850 bits per heavy atom. The third-order valence-electron chi connectivity index (χ3n) is 6.10. The number of hydrogen-bond donors (Lipinski definition) is 2. The third-order valence-corrected chi connectivity index (χ3v) is 6.10. The molecule has 0 fully saturated rings. The van der Waals surface area contributed by atoms with Gasteiger partial charge in [-0.25, -0.2) is 8.78 Å². The molecule has 0 unspecified atom stereocenters. The lowest BCUT2D eigenvalue weighted by Gasteiger charge is -2.32. The molecule has 0 saturated carbocycles. The molecule has 2 aromatic carbocycles. The Kier molecular flexibility index (Phi) is 9.01. The lowest BCUT2D eigenvalue weighted by Crippen LogP contribution is -2.59. The van der Waals surface area contributed by atoms with Crippen LogP contribution in [0.15, 0.2) is 42.5 Å². The number of para-hydroxylation sites is 2. The maximum absolute atomic E-state index is 13.9. The molecule has 2 N–H and O–H groups in total. The fourth-order valence-electron chi connectivity index (χ4n) is 4.50. The number of nitrogens with zero attached hydrogens (tertiary/aromatic N) is 2. The third kappa shape index (κ3) is 7.86. The minimum atomic E-state index is -1.53. The maximum atomic E-state index is 13.9. The van der Waals surface area contributed by atoms with Crippen LogP contribution in [0.5, 0.6) is 0 Å². The summed E-state index contributed by atoms with van der Waals surface area (Å²) in [6, 6.07) is 7.25. The Bertz CT molecular complexity index is 1220. The van der Waals surface area contributed by atoms with Crippen molar-refractivity contribution in [3.63, 3.8) is 0 Å². The molecule has 0 bridgehead atoms. The molecule has 216 valence electrons. The lowest BCUT2D eigenvalue weighted by molar-refractivity contribution is -0.135. The van der Waals surface area contributed by atoms with Gasteiger partial charge in [0, 0.05) is 19.2 Å². The Hall–Kier alpha value is -3.82. The predicted molar refractivity (Wildman–Crippen MR) is 150 cm³/mol. The molecule has 1 aliphatic rings. The second kappa shape index (κ2) is 11.7. The monoisotopic (exact) mass is 556 g/mol. The molecule has 1 heterocycles. The van der Waals surface area contributed by atoms with Gasteiger partial charge in [-0.1, -0.05) is 53.7 Å². The summed E-state index contributed by atoms with van der Waals surface area (Å²) in [5.41, 5.74) is 0.597. The van der Waals surface area contributed by atoms with Crippen LogP contribution in [0.4, 0.5) is 20.2 Å². The summed E-state index contributed by atoms with van der Waals surface area (Å²) < 4.78 is 27.0. The van der Waals surface area contributed by atoms with E-state index >= 15 is 0 Å². The van der Waals surface area contributed by atoms with E-state index in [0.29, 0.717) is 30.5 Å². The number of benzene rings is 2. The second-order valence-corrected chi connectivity index (χ2v) is 12.6. The Balaban J connectivity index is 1.88. The largest absolute Gasteiger partial charge is 0.344 e. The molecule has 1 aliphatic heterocycles. The van der Waals surface area contributed by atoms with Crippen molar-refractivity contribution >= 4 is 35.0 Å². The van der Waals surface area contributed by atoms with E-state index in [1.54, 1.807) is 24.3 Å². The van der Waals surface area contributed by atoms with E-state index in [1.165, 1.54) is 16.7 Å². The van der Waals surface area contributed by atoms with Crippen LogP contribution in [0.1, 0.15) is 54.0 Å². The van der Waals surface area contributed by atoms with Crippen molar-refractivity contribution in [2.24, 2.45) is 10.8 Å². The molecule has 3 rings (SSSR count). The second-order valence-electron chi connectivity index (χ2n) is 12.6. The topological polar surface area (TPSA) is 98.8 Å². The van der Waals surface area contributed by atoms with Gasteiger partial charge in [-0.05, 0) is 47.6 Å². The van der Waals surface area contributed by atoms with Gasteiger partial charge in [-0.2, -0.15) is 0 Å². The van der Waals surface area contributed by atoms with Gasteiger partial charge in [0.05, 0.1) is 17.8 Å². The van der Waals surface area contributed by atoms with Crippen molar-refractivity contribution in [3.8, 4) is 0 Å². The van der Waals surface area contributed by atoms with E-state index in [9.17, 15) is 28.0 Å². The van der Waals surface area contributed by atoms with Crippen molar-refractivity contribution in [1.29, 1.82) is 0 Å². The van der Waals surface area contributed by atoms with Crippen LogP contribution in [-0.2, 0) is 25.6 Å². The molecule has 4 amide bonds. The van der Waals surface area contributed by atoms with Crippen molar-refractivity contribution in [2.75, 3.05) is 22.9 Å².